The van der Waals surface area contributed by atoms with Gasteiger partial charge in [-0.1, -0.05) is 13.8 Å². The zero-order chi connectivity index (χ0) is 18.1. The number of carbonyl (C=O) groups is 1. The number of esters is 1. The summed E-state index contributed by atoms with van der Waals surface area (Å²) in [6, 6.07) is 0. The molecule has 23 heavy (non-hydrogen) atoms. The molecule has 0 aromatic carbocycles. The van der Waals surface area contributed by atoms with Crippen LogP contribution in [-0.4, -0.2) is 53.7 Å². The number of alkyl halides is 2. The van der Waals surface area contributed by atoms with Gasteiger partial charge in [0.05, 0.1) is 11.7 Å². The molecular weight excluding hydrogens is 338 g/mol. The highest BCUT2D eigenvalue weighted by atomic mass is 32.2. The SMILES string of the molecule is CCC(O)(CC)C1CC1OCC(=O)OC(C)C(F)(F)S(=O)(=O)O. The first-order chi connectivity index (χ1) is 10.4. The van der Waals surface area contributed by atoms with Crippen LogP contribution in [0.2, 0.25) is 0 Å². The molecule has 1 fully saturated rings. The quantitative estimate of drug-likeness (QED) is 0.472. The third-order valence-electron chi connectivity index (χ3n) is 4.19. The molecule has 0 aliphatic heterocycles. The van der Waals surface area contributed by atoms with Gasteiger partial charge in [-0.15, -0.1) is 0 Å². The van der Waals surface area contributed by atoms with Gasteiger partial charge in [0.25, 0.3) is 0 Å². The van der Waals surface area contributed by atoms with Crippen LogP contribution < -0.4 is 0 Å². The molecule has 136 valence electrons. The third kappa shape index (κ3) is 4.59. The minimum Gasteiger partial charge on any atom is -0.453 e. The van der Waals surface area contributed by atoms with Crippen molar-refractivity contribution in [2.45, 2.75) is 63.1 Å². The highest BCUT2D eigenvalue weighted by Crippen LogP contribution is 2.45. The molecule has 0 saturated heterocycles. The van der Waals surface area contributed by atoms with Crippen molar-refractivity contribution < 1.29 is 41.1 Å². The standard InChI is InChI=1S/C13H22F2O7S/c1-4-12(17,5-2)9-6-10(9)21-7-11(16)22-8(3)13(14,15)23(18,19)20/h8-10,17H,4-7H2,1-3H3,(H,18,19,20). The van der Waals surface area contributed by atoms with Gasteiger partial charge in [0.1, 0.15) is 6.61 Å². The van der Waals surface area contributed by atoms with Crippen molar-refractivity contribution in [2.75, 3.05) is 6.61 Å². The second-order valence-corrected chi connectivity index (χ2v) is 7.17. The van der Waals surface area contributed by atoms with Crippen LogP contribution in [0.5, 0.6) is 0 Å². The number of rotatable bonds is 9. The van der Waals surface area contributed by atoms with Gasteiger partial charge in [-0.2, -0.15) is 17.2 Å². The van der Waals surface area contributed by atoms with E-state index < -0.39 is 39.7 Å². The fraction of sp³-hybridized carbons (Fsp3) is 0.923. The Morgan fingerprint density at radius 3 is 2.30 bits per heavy atom. The molecule has 0 aromatic rings. The zero-order valence-corrected chi connectivity index (χ0v) is 14.0. The molecule has 0 aromatic heterocycles. The minimum atomic E-state index is -5.69. The maximum absolute atomic E-state index is 13.2. The largest absolute Gasteiger partial charge is 0.453 e. The Kier molecular flexibility index (Phi) is 6.11. The summed E-state index contributed by atoms with van der Waals surface area (Å²) in [6.45, 7) is 3.66. The zero-order valence-electron chi connectivity index (χ0n) is 13.2. The highest BCUT2D eigenvalue weighted by molar-refractivity contribution is 7.86. The van der Waals surface area contributed by atoms with Gasteiger partial charge in [0, 0.05) is 5.92 Å². The van der Waals surface area contributed by atoms with Gasteiger partial charge in [0.2, 0.25) is 0 Å². The average Bonchev–Trinajstić information content (AvgIpc) is 3.23. The molecular formula is C13H22F2O7S. The number of hydrogen-bond acceptors (Lipinski definition) is 6. The van der Waals surface area contributed by atoms with E-state index in [1.54, 1.807) is 0 Å². The van der Waals surface area contributed by atoms with E-state index in [1.165, 1.54) is 0 Å². The van der Waals surface area contributed by atoms with E-state index >= 15 is 0 Å². The Morgan fingerprint density at radius 1 is 1.35 bits per heavy atom. The van der Waals surface area contributed by atoms with E-state index in [0.717, 1.165) is 0 Å². The number of carbonyl (C=O) groups excluding carboxylic acids is 1. The first-order valence-electron chi connectivity index (χ1n) is 7.27. The van der Waals surface area contributed by atoms with Crippen molar-refractivity contribution in [1.82, 2.24) is 0 Å². The normalized spacial score (nSPS) is 23.4. The molecule has 0 radical (unpaired) electrons. The Labute approximate surface area is 133 Å². The van der Waals surface area contributed by atoms with Crippen molar-refractivity contribution in [2.24, 2.45) is 5.92 Å². The molecule has 0 heterocycles. The van der Waals surface area contributed by atoms with E-state index in [9.17, 15) is 27.1 Å². The summed E-state index contributed by atoms with van der Waals surface area (Å²) in [4.78, 5) is 11.4. The lowest BCUT2D eigenvalue weighted by atomic mass is 9.91. The van der Waals surface area contributed by atoms with Gasteiger partial charge >= 0.3 is 21.3 Å². The molecule has 7 nitrogen and oxygen atoms in total. The van der Waals surface area contributed by atoms with Gasteiger partial charge < -0.3 is 14.6 Å². The summed E-state index contributed by atoms with van der Waals surface area (Å²) in [7, 11) is -5.69. The number of ether oxygens (including phenoxy) is 2. The van der Waals surface area contributed by atoms with Crippen molar-refractivity contribution >= 4 is 16.1 Å². The predicted molar refractivity (Wildman–Crippen MR) is 75.4 cm³/mol. The van der Waals surface area contributed by atoms with E-state index in [2.05, 4.69) is 4.74 Å². The smallest absolute Gasteiger partial charge is 0.405 e. The summed E-state index contributed by atoms with van der Waals surface area (Å²) < 4.78 is 65.4. The second-order valence-electron chi connectivity index (χ2n) is 5.67. The maximum Gasteiger partial charge on any atom is 0.405 e. The monoisotopic (exact) mass is 360 g/mol. The Morgan fingerprint density at radius 2 is 1.87 bits per heavy atom. The summed E-state index contributed by atoms with van der Waals surface area (Å²) in [5, 5.41) is 5.65. The van der Waals surface area contributed by atoms with Crippen LogP contribution in [0.3, 0.4) is 0 Å². The third-order valence-corrected chi connectivity index (χ3v) is 5.21. The number of aliphatic hydroxyl groups is 1. The molecule has 1 aliphatic carbocycles. The van der Waals surface area contributed by atoms with Crippen LogP contribution in [0.15, 0.2) is 0 Å². The van der Waals surface area contributed by atoms with Crippen LogP contribution in [0.1, 0.15) is 40.0 Å². The van der Waals surface area contributed by atoms with E-state index in [1.807, 2.05) is 13.8 Å². The van der Waals surface area contributed by atoms with E-state index in [-0.39, 0.29) is 12.0 Å². The summed E-state index contributed by atoms with van der Waals surface area (Å²) in [5.41, 5.74) is -0.889. The van der Waals surface area contributed by atoms with Crippen molar-refractivity contribution in [3.63, 3.8) is 0 Å². The fourth-order valence-corrected chi connectivity index (χ4v) is 2.85. The average molecular weight is 360 g/mol. The van der Waals surface area contributed by atoms with Gasteiger partial charge in [-0.05, 0) is 26.2 Å². The maximum atomic E-state index is 13.2. The summed E-state index contributed by atoms with van der Waals surface area (Å²) in [6.07, 6.45) is -1.13. The van der Waals surface area contributed by atoms with Crippen LogP contribution in [-0.2, 0) is 24.4 Å². The van der Waals surface area contributed by atoms with Crippen molar-refractivity contribution in [3.8, 4) is 0 Å². The summed E-state index contributed by atoms with van der Waals surface area (Å²) in [5.74, 6) is -1.31. The lowest BCUT2D eigenvalue weighted by molar-refractivity contribution is -0.165. The minimum absolute atomic E-state index is 0.137. The van der Waals surface area contributed by atoms with Crippen LogP contribution in [0.25, 0.3) is 0 Å². The van der Waals surface area contributed by atoms with Crippen LogP contribution in [0.4, 0.5) is 8.78 Å². The molecule has 3 unspecified atom stereocenters. The molecule has 1 saturated carbocycles. The molecule has 1 aliphatic rings. The first-order valence-corrected chi connectivity index (χ1v) is 8.71. The van der Waals surface area contributed by atoms with Gasteiger partial charge in [-0.3, -0.25) is 4.55 Å². The topological polar surface area (TPSA) is 110 Å². The molecule has 0 amide bonds. The molecule has 0 bridgehead atoms. The second kappa shape index (κ2) is 6.96. The lowest BCUT2D eigenvalue weighted by Crippen LogP contribution is -2.42. The molecule has 0 spiro atoms. The van der Waals surface area contributed by atoms with Gasteiger partial charge in [0.15, 0.2) is 6.10 Å². The van der Waals surface area contributed by atoms with Crippen molar-refractivity contribution in [3.05, 3.63) is 0 Å². The Bertz CT molecular complexity index is 530. The lowest BCUT2D eigenvalue weighted by Gasteiger charge is -2.25. The fourth-order valence-electron chi connectivity index (χ4n) is 2.38. The highest BCUT2D eigenvalue weighted by Gasteiger charge is 2.53. The predicted octanol–water partition coefficient (Wildman–Crippen LogP) is 1.35. The molecule has 2 N–H and O–H groups in total. The first kappa shape index (κ1) is 20.2. The Balaban J connectivity index is 2.45. The number of hydrogen-bond donors (Lipinski definition) is 2. The molecule has 1 rings (SSSR count). The molecule has 3 atom stereocenters. The Hall–Kier alpha value is -0.840. The molecule has 10 heteroatoms. The number of halogens is 2. The van der Waals surface area contributed by atoms with E-state index in [0.29, 0.717) is 26.2 Å². The van der Waals surface area contributed by atoms with E-state index in [4.69, 9.17) is 9.29 Å². The van der Waals surface area contributed by atoms with Gasteiger partial charge in [-0.25, -0.2) is 4.79 Å². The summed E-state index contributed by atoms with van der Waals surface area (Å²) >= 11 is 0. The van der Waals surface area contributed by atoms with Crippen LogP contribution >= 0.6 is 0 Å². The van der Waals surface area contributed by atoms with Crippen LogP contribution in [0, 0.1) is 5.92 Å². The van der Waals surface area contributed by atoms with Crippen molar-refractivity contribution in [1.29, 1.82) is 0 Å².